The lowest BCUT2D eigenvalue weighted by Gasteiger charge is -2.28. The minimum atomic E-state index is -0.891. The van der Waals surface area contributed by atoms with Crippen molar-refractivity contribution in [1.82, 2.24) is 0 Å². The number of rotatable bonds is 10. The third kappa shape index (κ3) is 5.48. The lowest BCUT2D eigenvalue weighted by Crippen LogP contribution is -2.37. The van der Waals surface area contributed by atoms with E-state index in [1.807, 2.05) is 85.8 Å². The van der Waals surface area contributed by atoms with Gasteiger partial charge in [-0.2, -0.15) is 0 Å². The Bertz CT molecular complexity index is 1460. The van der Waals surface area contributed by atoms with Crippen LogP contribution >= 0.6 is 0 Å². The first-order chi connectivity index (χ1) is 18.7. The topological polar surface area (TPSA) is 56.8 Å². The van der Waals surface area contributed by atoms with Crippen LogP contribution in [0.1, 0.15) is 24.1 Å². The molecule has 0 saturated heterocycles. The number of anilines is 1. The van der Waals surface area contributed by atoms with Crippen molar-refractivity contribution in [3.63, 3.8) is 0 Å². The number of methoxy groups -OCH3 is 1. The molecule has 1 N–H and O–H groups in total. The molecule has 0 aliphatic carbocycles. The fourth-order valence-corrected chi connectivity index (χ4v) is 4.82. The lowest BCUT2D eigenvalue weighted by molar-refractivity contribution is -0.158. The second kappa shape index (κ2) is 11.8. The molecule has 192 valence electrons. The summed E-state index contributed by atoms with van der Waals surface area (Å²) < 4.78 is 17.4. The fraction of sp³-hybridized carbons (Fsp3) is 0.182. The van der Waals surface area contributed by atoms with Gasteiger partial charge in [-0.1, -0.05) is 78.9 Å². The van der Waals surface area contributed by atoms with E-state index in [1.165, 1.54) is 0 Å². The van der Waals surface area contributed by atoms with Crippen LogP contribution in [-0.2, 0) is 20.9 Å². The van der Waals surface area contributed by atoms with Crippen LogP contribution in [0.5, 0.6) is 5.75 Å². The Balaban J connectivity index is 1.54. The fourth-order valence-electron chi connectivity index (χ4n) is 4.82. The van der Waals surface area contributed by atoms with Crippen molar-refractivity contribution in [2.75, 3.05) is 19.0 Å². The normalized spacial score (nSPS) is 12.7. The van der Waals surface area contributed by atoms with Gasteiger partial charge in [0.2, 0.25) is 0 Å². The van der Waals surface area contributed by atoms with Crippen molar-refractivity contribution in [2.45, 2.75) is 25.7 Å². The molecule has 0 aliphatic rings. The van der Waals surface area contributed by atoms with Gasteiger partial charge in [-0.15, -0.1) is 0 Å². The van der Waals surface area contributed by atoms with Gasteiger partial charge in [-0.05, 0) is 69.9 Å². The molecule has 0 saturated carbocycles. The predicted molar refractivity (Wildman–Crippen MR) is 152 cm³/mol. The van der Waals surface area contributed by atoms with Crippen LogP contribution in [0.25, 0.3) is 21.5 Å². The van der Waals surface area contributed by atoms with Crippen molar-refractivity contribution < 1.29 is 19.0 Å². The summed E-state index contributed by atoms with van der Waals surface area (Å²) in [6, 6.07) is 35.7. The van der Waals surface area contributed by atoms with E-state index >= 15 is 0 Å². The molecule has 0 fully saturated rings. The molecule has 0 spiro atoms. The SMILES string of the molecule is CCOC(=O)[C@@H](OCc1c2ccccc2cc2ccccc12)[C@@H](Nc1ccc(OC)cc1)c1ccccc1. The number of carbonyl (C=O) groups is 1. The average Bonchev–Trinajstić information content (AvgIpc) is 2.97. The van der Waals surface area contributed by atoms with Crippen LogP contribution in [0.4, 0.5) is 5.69 Å². The number of ether oxygens (including phenoxy) is 3. The lowest BCUT2D eigenvalue weighted by atomic mass is 9.97. The molecule has 5 nitrogen and oxygen atoms in total. The summed E-state index contributed by atoms with van der Waals surface area (Å²) in [6.45, 7) is 2.32. The van der Waals surface area contributed by atoms with E-state index in [9.17, 15) is 4.79 Å². The molecule has 0 radical (unpaired) electrons. The zero-order valence-corrected chi connectivity index (χ0v) is 21.6. The molecule has 5 heteroatoms. The molecule has 0 aromatic heterocycles. The van der Waals surface area contributed by atoms with E-state index in [4.69, 9.17) is 14.2 Å². The maximum atomic E-state index is 13.4. The van der Waals surface area contributed by atoms with Crippen LogP contribution in [-0.4, -0.2) is 25.8 Å². The van der Waals surface area contributed by atoms with E-state index in [2.05, 4.69) is 35.6 Å². The first-order valence-electron chi connectivity index (χ1n) is 12.8. The van der Waals surface area contributed by atoms with Crippen molar-refractivity contribution in [3.05, 3.63) is 120 Å². The number of hydrogen-bond acceptors (Lipinski definition) is 5. The quantitative estimate of drug-likeness (QED) is 0.159. The summed E-state index contributed by atoms with van der Waals surface area (Å²) >= 11 is 0. The Morgan fingerprint density at radius 1 is 0.789 bits per heavy atom. The largest absolute Gasteiger partial charge is 0.497 e. The summed E-state index contributed by atoms with van der Waals surface area (Å²) in [7, 11) is 1.64. The molecule has 38 heavy (non-hydrogen) atoms. The van der Waals surface area contributed by atoms with Crippen molar-refractivity contribution in [2.24, 2.45) is 0 Å². The third-order valence-corrected chi connectivity index (χ3v) is 6.68. The number of fused-ring (bicyclic) bond motifs is 2. The van der Waals surface area contributed by atoms with Crippen LogP contribution in [0.15, 0.2) is 109 Å². The molecule has 2 atom stereocenters. The molecular weight excluding hydrogens is 474 g/mol. The highest BCUT2D eigenvalue weighted by Gasteiger charge is 2.32. The monoisotopic (exact) mass is 505 g/mol. The summed E-state index contributed by atoms with van der Waals surface area (Å²) in [5, 5.41) is 7.99. The van der Waals surface area contributed by atoms with Crippen LogP contribution in [0.3, 0.4) is 0 Å². The van der Waals surface area contributed by atoms with Gasteiger partial charge in [-0.3, -0.25) is 0 Å². The first-order valence-corrected chi connectivity index (χ1v) is 12.8. The number of esters is 1. The van der Waals surface area contributed by atoms with Crippen molar-refractivity contribution in [3.8, 4) is 5.75 Å². The van der Waals surface area contributed by atoms with E-state index in [0.29, 0.717) is 0 Å². The molecule has 0 aliphatic heterocycles. The molecule has 0 unspecified atom stereocenters. The van der Waals surface area contributed by atoms with Gasteiger partial charge >= 0.3 is 5.97 Å². The highest BCUT2D eigenvalue weighted by molar-refractivity contribution is 6.02. The standard InChI is InChI=1S/C33H31NO4/c1-3-37-33(35)32(31(23-11-5-4-6-12-23)34-26-17-19-27(36-2)20-18-26)38-22-30-28-15-9-7-13-24(28)21-25-14-8-10-16-29(25)30/h4-21,31-32,34H,3,22H2,1-2H3/t31-,32-/m0/s1. The van der Waals surface area contributed by atoms with E-state index in [-0.39, 0.29) is 13.2 Å². The van der Waals surface area contributed by atoms with Gasteiger partial charge in [0.25, 0.3) is 0 Å². The van der Waals surface area contributed by atoms with Gasteiger partial charge in [0.1, 0.15) is 5.75 Å². The second-order valence-electron chi connectivity index (χ2n) is 9.04. The Hall–Kier alpha value is -4.35. The van der Waals surface area contributed by atoms with Gasteiger partial charge in [0.15, 0.2) is 6.10 Å². The molecular formula is C33H31NO4. The zero-order valence-electron chi connectivity index (χ0n) is 21.6. The predicted octanol–water partition coefficient (Wildman–Crippen LogP) is 7.30. The molecule has 5 rings (SSSR count). The summed E-state index contributed by atoms with van der Waals surface area (Å²) in [4.78, 5) is 13.4. The highest BCUT2D eigenvalue weighted by Crippen LogP contribution is 2.32. The van der Waals surface area contributed by atoms with Crippen molar-refractivity contribution >= 4 is 33.2 Å². The maximum absolute atomic E-state index is 13.4. The average molecular weight is 506 g/mol. The number of benzene rings is 5. The minimum absolute atomic E-state index is 0.249. The Kier molecular flexibility index (Phi) is 7.86. The van der Waals surface area contributed by atoms with Gasteiger partial charge in [0, 0.05) is 5.69 Å². The molecule has 0 bridgehead atoms. The minimum Gasteiger partial charge on any atom is -0.497 e. The smallest absolute Gasteiger partial charge is 0.337 e. The van der Waals surface area contributed by atoms with Crippen LogP contribution in [0, 0.1) is 0 Å². The van der Waals surface area contributed by atoms with Gasteiger partial charge < -0.3 is 19.5 Å². The Labute approximate surface area is 223 Å². The van der Waals surface area contributed by atoms with E-state index < -0.39 is 18.1 Å². The number of nitrogens with one attached hydrogen (secondary N) is 1. The maximum Gasteiger partial charge on any atom is 0.337 e. The summed E-state index contributed by atoms with van der Waals surface area (Å²) in [5.74, 6) is 0.347. The second-order valence-corrected chi connectivity index (χ2v) is 9.04. The van der Waals surface area contributed by atoms with E-state index in [0.717, 1.165) is 44.1 Å². The van der Waals surface area contributed by atoms with Crippen LogP contribution < -0.4 is 10.1 Å². The zero-order chi connectivity index (χ0) is 26.3. The van der Waals surface area contributed by atoms with Crippen molar-refractivity contribution in [1.29, 1.82) is 0 Å². The van der Waals surface area contributed by atoms with Crippen LogP contribution in [0.2, 0.25) is 0 Å². The number of hydrogen-bond donors (Lipinski definition) is 1. The number of carbonyl (C=O) groups excluding carboxylic acids is 1. The van der Waals surface area contributed by atoms with E-state index in [1.54, 1.807) is 7.11 Å². The summed E-state index contributed by atoms with van der Waals surface area (Å²) in [5.41, 5.74) is 2.81. The molecule has 5 aromatic rings. The highest BCUT2D eigenvalue weighted by atomic mass is 16.6. The first kappa shape index (κ1) is 25.3. The Morgan fingerprint density at radius 3 is 2.00 bits per heavy atom. The molecule has 0 amide bonds. The van der Waals surface area contributed by atoms with Gasteiger partial charge in [0.05, 0.1) is 26.4 Å². The Morgan fingerprint density at radius 2 is 1.39 bits per heavy atom. The molecule has 0 heterocycles. The van der Waals surface area contributed by atoms with Gasteiger partial charge in [-0.25, -0.2) is 4.79 Å². The summed E-state index contributed by atoms with van der Waals surface area (Å²) in [6.07, 6.45) is -0.891. The third-order valence-electron chi connectivity index (χ3n) is 6.68. The molecule has 5 aromatic carbocycles.